The maximum Gasteiger partial charge on any atom is 0.310 e. The number of benzene rings is 2. The van der Waals surface area contributed by atoms with Crippen molar-refractivity contribution >= 4 is 5.97 Å². The average Bonchev–Trinajstić information content (AvgIpc) is 2.81. The van der Waals surface area contributed by atoms with E-state index < -0.39 is 5.97 Å². The number of hydrogen-bond donors (Lipinski definition) is 0. The molecule has 0 N–H and O–H groups in total. The Morgan fingerprint density at radius 1 is 1.03 bits per heavy atom. The van der Waals surface area contributed by atoms with Gasteiger partial charge in [0.2, 0.25) is 0 Å². The van der Waals surface area contributed by atoms with Gasteiger partial charge in [-0.3, -0.25) is 9.59 Å². The number of aromatic nitrogens is 1. The van der Waals surface area contributed by atoms with Gasteiger partial charge < -0.3 is 9.30 Å². The fraction of sp³-hybridized carbons (Fsp3) is 0.296. The molecule has 0 aliphatic carbocycles. The van der Waals surface area contributed by atoms with Crippen LogP contribution in [0.4, 0.5) is 0 Å². The largest absolute Gasteiger partial charge is 0.466 e. The second-order valence-corrected chi connectivity index (χ2v) is 7.68. The van der Waals surface area contributed by atoms with Crippen LogP contribution in [0.2, 0.25) is 0 Å². The molecule has 0 amide bonds. The smallest absolute Gasteiger partial charge is 0.310 e. The van der Waals surface area contributed by atoms with Crippen LogP contribution in [0.3, 0.4) is 0 Å². The molecule has 0 aliphatic heterocycles. The van der Waals surface area contributed by atoms with Gasteiger partial charge in [-0.05, 0) is 48.6 Å². The molecule has 1 aromatic heterocycles. The van der Waals surface area contributed by atoms with Crippen LogP contribution in [0, 0.1) is 11.3 Å². The van der Waals surface area contributed by atoms with E-state index in [9.17, 15) is 14.9 Å². The highest BCUT2D eigenvalue weighted by atomic mass is 16.5. The standard InChI is InChI=1S/C27H28N2O3/c1-3-5-9-24-16-15-22(17-26(30)32-4-2)27(31)29(24)19-20-11-13-21(14-12-20)25-10-7-6-8-23(25)18-28/h6-8,10-16H,3-5,9,17,19H2,1-2H3. The lowest BCUT2D eigenvalue weighted by molar-refractivity contribution is -0.142. The molecule has 0 saturated carbocycles. The number of carbonyl (C=O) groups is 1. The van der Waals surface area contributed by atoms with Crippen LogP contribution in [-0.4, -0.2) is 17.1 Å². The van der Waals surface area contributed by atoms with E-state index in [0.717, 1.165) is 41.6 Å². The second kappa shape index (κ2) is 11.1. The number of ether oxygens (including phenoxy) is 1. The summed E-state index contributed by atoms with van der Waals surface area (Å²) in [6.07, 6.45) is 2.80. The molecule has 0 bridgehead atoms. The Labute approximate surface area is 188 Å². The minimum Gasteiger partial charge on any atom is -0.466 e. The third-order valence-corrected chi connectivity index (χ3v) is 5.42. The van der Waals surface area contributed by atoms with Crippen LogP contribution in [0.5, 0.6) is 0 Å². The Morgan fingerprint density at radius 2 is 1.78 bits per heavy atom. The SMILES string of the molecule is CCCCc1ccc(CC(=O)OCC)c(=O)n1Cc1ccc(-c2ccccc2C#N)cc1. The van der Waals surface area contributed by atoms with Crippen molar-refractivity contribution in [2.75, 3.05) is 6.61 Å². The maximum absolute atomic E-state index is 13.2. The van der Waals surface area contributed by atoms with Gasteiger partial charge in [-0.1, -0.05) is 61.9 Å². The predicted octanol–water partition coefficient (Wildman–Crippen LogP) is 4.88. The van der Waals surface area contributed by atoms with E-state index >= 15 is 0 Å². The number of aryl methyl sites for hydroxylation is 1. The summed E-state index contributed by atoms with van der Waals surface area (Å²) in [6, 6.07) is 21.4. The Kier molecular flexibility index (Phi) is 7.99. The van der Waals surface area contributed by atoms with E-state index in [2.05, 4.69) is 13.0 Å². The molecule has 0 radical (unpaired) electrons. The third-order valence-electron chi connectivity index (χ3n) is 5.42. The summed E-state index contributed by atoms with van der Waals surface area (Å²) in [7, 11) is 0. The van der Waals surface area contributed by atoms with Gasteiger partial charge in [-0.25, -0.2) is 0 Å². The molecular formula is C27H28N2O3. The summed E-state index contributed by atoms with van der Waals surface area (Å²) >= 11 is 0. The van der Waals surface area contributed by atoms with E-state index in [1.807, 2.05) is 48.5 Å². The van der Waals surface area contributed by atoms with Crippen molar-refractivity contribution in [2.24, 2.45) is 0 Å². The van der Waals surface area contributed by atoms with Crippen LogP contribution in [0.15, 0.2) is 65.5 Å². The van der Waals surface area contributed by atoms with Crippen molar-refractivity contribution in [3.63, 3.8) is 0 Å². The summed E-state index contributed by atoms with van der Waals surface area (Å²) in [5.41, 5.74) is 4.72. The van der Waals surface area contributed by atoms with Crippen molar-refractivity contribution in [1.29, 1.82) is 5.26 Å². The zero-order valence-electron chi connectivity index (χ0n) is 18.6. The number of carbonyl (C=O) groups excluding carboxylic acids is 1. The quantitative estimate of drug-likeness (QED) is 0.455. The number of nitrogens with zero attached hydrogens (tertiary/aromatic N) is 2. The van der Waals surface area contributed by atoms with Crippen molar-refractivity contribution in [3.05, 3.63) is 93.4 Å². The highest BCUT2D eigenvalue weighted by molar-refractivity contribution is 5.72. The monoisotopic (exact) mass is 428 g/mol. The van der Waals surface area contributed by atoms with Crippen LogP contribution in [0.1, 0.15) is 49.1 Å². The van der Waals surface area contributed by atoms with E-state index in [1.165, 1.54) is 0 Å². The molecule has 0 unspecified atom stereocenters. The molecular weight excluding hydrogens is 400 g/mol. The number of hydrogen-bond acceptors (Lipinski definition) is 4. The minimum atomic E-state index is -0.391. The van der Waals surface area contributed by atoms with Gasteiger partial charge in [0.05, 0.1) is 31.2 Å². The van der Waals surface area contributed by atoms with Crippen LogP contribution < -0.4 is 5.56 Å². The number of nitriles is 1. The lowest BCUT2D eigenvalue weighted by Crippen LogP contribution is -2.28. The molecule has 0 atom stereocenters. The molecule has 0 saturated heterocycles. The van der Waals surface area contributed by atoms with Crippen LogP contribution in [-0.2, 0) is 28.9 Å². The number of unbranched alkanes of at least 4 members (excludes halogenated alkanes) is 1. The highest BCUT2D eigenvalue weighted by Crippen LogP contribution is 2.23. The van der Waals surface area contributed by atoms with Gasteiger partial charge in [0.25, 0.3) is 5.56 Å². The first kappa shape index (κ1) is 23.0. The molecule has 0 aliphatic rings. The van der Waals surface area contributed by atoms with Crippen molar-refractivity contribution < 1.29 is 9.53 Å². The van der Waals surface area contributed by atoms with Crippen LogP contribution >= 0.6 is 0 Å². The van der Waals surface area contributed by atoms with E-state index in [4.69, 9.17) is 4.74 Å². The molecule has 5 nitrogen and oxygen atoms in total. The van der Waals surface area contributed by atoms with E-state index in [1.54, 1.807) is 23.6 Å². The van der Waals surface area contributed by atoms with Crippen molar-refractivity contribution in [3.8, 4) is 17.2 Å². The molecule has 164 valence electrons. The lowest BCUT2D eigenvalue weighted by Gasteiger charge is -2.15. The van der Waals surface area contributed by atoms with E-state index in [0.29, 0.717) is 24.3 Å². The molecule has 0 spiro atoms. The average molecular weight is 429 g/mol. The Bertz CT molecular complexity index is 1170. The third kappa shape index (κ3) is 5.53. The van der Waals surface area contributed by atoms with Crippen molar-refractivity contribution in [2.45, 2.75) is 46.1 Å². The topological polar surface area (TPSA) is 72.1 Å². The normalized spacial score (nSPS) is 10.5. The van der Waals surface area contributed by atoms with Gasteiger partial charge in [-0.15, -0.1) is 0 Å². The predicted molar refractivity (Wildman–Crippen MR) is 125 cm³/mol. The minimum absolute atomic E-state index is 0.0232. The highest BCUT2D eigenvalue weighted by Gasteiger charge is 2.13. The molecule has 3 rings (SSSR count). The first-order valence-corrected chi connectivity index (χ1v) is 11.0. The Hall–Kier alpha value is -3.65. The Morgan fingerprint density at radius 3 is 2.47 bits per heavy atom. The van der Waals surface area contributed by atoms with Gasteiger partial charge in [0, 0.05) is 11.3 Å². The zero-order valence-corrected chi connectivity index (χ0v) is 18.6. The first-order chi connectivity index (χ1) is 15.6. The first-order valence-electron chi connectivity index (χ1n) is 11.0. The molecule has 32 heavy (non-hydrogen) atoms. The maximum atomic E-state index is 13.2. The van der Waals surface area contributed by atoms with E-state index in [-0.39, 0.29) is 12.0 Å². The van der Waals surface area contributed by atoms with Crippen LogP contribution in [0.25, 0.3) is 11.1 Å². The van der Waals surface area contributed by atoms with Gasteiger partial charge >= 0.3 is 5.97 Å². The fourth-order valence-corrected chi connectivity index (χ4v) is 3.72. The van der Waals surface area contributed by atoms with Gasteiger partial charge in [-0.2, -0.15) is 5.26 Å². The molecule has 0 fully saturated rings. The summed E-state index contributed by atoms with van der Waals surface area (Å²) in [5, 5.41) is 9.36. The number of esters is 1. The fourth-order valence-electron chi connectivity index (χ4n) is 3.72. The number of rotatable bonds is 9. The Balaban J connectivity index is 1.91. The lowest BCUT2D eigenvalue weighted by atomic mass is 9.99. The second-order valence-electron chi connectivity index (χ2n) is 7.68. The summed E-state index contributed by atoms with van der Waals surface area (Å²) in [6.45, 7) is 4.59. The number of pyridine rings is 1. The summed E-state index contributed by atoms with van der Waals surface area (Å²) in [5.74, 6) is -0.391. The van der Waals surface area contributed by atoms with Gasteiger partial charge in [0.1, 0.15) is 0 Å². The summed E-state index contributed by atoms with van der Waals surface area (Å²) < 4.78 is 6.78. The molecule has 5 heteroatoms. The molecule has 1 heterocycles. The van der Waals surface area contributed by atoms with Crippen molar-refractivity contribution in [1.82, 2.24) is 4.57 Å². The molecule has 2 aromatic carbocycles. The molecule has 3 aromatic rings. The van der Waals surface area contributed by atoms with Gasteiger partial charge in [0.15, 0.2) is 0 Å². The zero-order chi connectivity index (χ0) is 22.9. The summed E-state index contributed by atoms with van der Waals surface area (Å²) in [4.78, 5) is 25.1.